The van der Waals surface area contributed by atoms with Gasteiger partial charge < -0.3 is 24.6 Å². The number of nitrogens with zero attached hydrogens (tertiary/aromatic N) is 4. The second-order valence-corrected chi connectivity index (χ2v) is 15.9. The molecule has 3 unspecified atom stereocenters. The first-order valence-electron chi connectivity index (χ1n) is 19.9. The third kappa shape index (κ3) is 11.6. The van der Waals surface area contributed by atoms with Crippen LogP contribution < -0.4 is 10.6 Å². The van der Waals surface area contributed by atoms with Crippen molar-refractivity contribution in [1.29, 1.82) is 0 Å². The van der Waals surface area contributed by atoms with Crippen LogP contribution in [0.4, 0.5) is 0 Å². The summed E-state index contributed by atoms with van der Waals surface area (Å²) in [5, 5.41) is 6.52. The van der Waals surface area contributed by atoms with Crippen molar-refractivity contribution >= 4 is 23.7 Å². The SMILES string of the molecule is C/C(=C\[C@H](C(C)C)N(C)C(=O)[C@@H](NC(=O)C1CCCCN1C(C)C)C(C)C)C(=O)N1CCCC1C(=O)OC(NCCN1CCOCC1)c1ccccc1. The van der Waals surface area contributed by atoms with Crippen LogP contribution in [0.1, 0.15) is 92.4 Å². The number of rotatable bonds is 16. The quantitative estimate of drug-likeness (QED) is 0.147. The number of morpholine rings is 1. The lowest BCUT2D eigenvalue weighted by Gasteiger charge is -2.39. The van der Waals surface area contributed by atoms with Crippen LogP contribution in [0, 0.1) is 11.8 Å². The van der Waals surface area contributed by atoms with E-state index in [4.69, 9.17) is 9.47 Å². The molecule has 1 aromatic rings. The smallest absolute Gasteiger partial charge is 0.330 e. The van der Waals surface area contributed by atoms with Gasteiger partial charge in [-0.05, 0) is 64.8 Å². The van der Waals surface area contributed by atoms with Crippen LogP contribution >= 0.6 is 0 Å². The fourth-order valence-electron chi connectivity index (χ4n) is 7.77. The molecule has 0 spiro atoms. The van der Waals surface area contributed by atoms with Gasteiger partial charge in [-0.25, -0.2) is 4.79 Å². The van der Waals surface area contributed by atoms with Crippen LogP contribution in [0.5, 0.6) is 0 Å². The maximum Gasteiger partial charge on any atom is 0.330 e. The van der Waals surface area contributed by atoms with Crippen molar-refractivity contribution in [3.8, 4) is 0 Å². The Hall–Kier alpha value is -3.32. The van der Waals surface area contributed by atoms with Crippen molar-refractivity contribution in [3.05, 3.63) is 47.5 Å². The fourth-order valence-corrected chi connectivity index (χ4v) is 7.77. The van der Waals surface area contributed by atoms with Gasteiger partial charge in [0.25, 0.3) is 0 Å². The summed E-state index contributed by atoms with van der Waals surface area (Å²) in [6, 6.07) is 7.79. The molecule has 3 saturated heterocycles. The topological polar surface area (TPSA) is 124 Å². The van der Waals surface area contributed by atoms with Gasteiger partial charge in [0.2, 0.25) is 17.7 Å². The third-order valence-corrected chi connectivity index (χ3v) is 11.0. The zero-order valence-corrected chi connectivity index (χ0v) is 33.5. The lowest BCUT2D eigenvalue weighted by Crippen LogP contribution is -2.58. The average Bonchev–Trinajstić information content (AvgIpc) is 3.65. The molecule has 296 valence electrons. The van der Waals surface area contributed by atoms with E-state index in [1.807, 2.05) is 64.1 Å². The molecule has 3 amide bonds. The van der Waals surface area contributed by atoms with Gasteiger partial charge >= 0.3 is 5.97 Å². The van der Waals surface area contributed by atoms with Crippen molar-refractivity contribution in [2.75, 3.05) is 59.5 Å². The van der Waals surface area contributed by atoms with E-state index >= 15 is 0 Å². The zero-order valence-electron chi connectivity index (χ0n) is 33.5. The van der Waals surface area contributed by atoms with Crippen molar-refractivity contribution in [2.24, 2.45) is 11.8 Å². The molecule has 3 fully saturated rings. The largest absolute Gasteiger partial charge is 0.441 e. The summed E-state index contributed by atoms with van der Waals surface area (Å²) >= 11 is 0. The minimum atomic E-state index is -0.708. The minimum Gasteiger partial charge on any atom is -0.441 e. The molecule has 0 aromatic heterocycles. The maximum absolute atomic E-state index is 14.1. The number of amides is 3. The second-order valence-electron chi connectivity index (χ2n) is 15.9. The van der Waals surface area contributed by atoms with E-state index in [0.717, 1.165) is 64.2 Å². The highest BCUT2D eigenvalue weighted by Gasteiger charge is 2.39. The summed E-state index contributed by atoms with van der Waals surface area (Å²) in [5.41, 5.74) is 1.31. The molecule has 5 atom stereocenters. The summed E-state index contributed by atoms with van der Waals surface area (Å²) < 4.78 is 11.6. The summed E-state index contributed by atoms with van der Waals surface area (Å²) in [4.78, 5) is 63.3. The predicted molar refractivity (Wildman–Crippen MR) is 207 cm³/mol. The van der Waals surface area contributed by atoms with Gasteiger partial charge in [-0.2, -0.15) is 0 Å². The summed E-state index contributed by atoms with van der Waals surface area (Å²) in [5.74, 6) is -1.11. The monoisotopic (exact) mass is 739 g/mol. The van der Waals surface area contributed by atoms with E-state index < -0.39 is 30.3 Å². The van der Waals surface area contributed by atoms with Gasteiger partial charge in [0.05, 0.1) is 25.3 Å². The lowest BCUT2D eigenvalue weighted by atomic mass is 9.95. The molecule has 12 heteroatoms. The number of hydrogen-bond donors (Lipinski definition) is 2. The Labute approximate surface area is 318 Å². The van der Waals surface area contributed by atoms with Gasteiger partial charge in [0, 0.05) is 56.9 Å². The molecule has 0 radical (unpaired) electrons. The number of piperidine rings is 1. The first-order chi connectivity index (χ1) is 25.3. The van der Waals surface area contributed by atoms with Crippen LogP contribution in [0.3, 0.4) is 0 Å². The molecule has 1 aromatic carbocycles. The molecular weight excluding hydrogens is 672 g/mol. The summed E-state index contributed by atoms with van der Waals surface area (Å²) in [7, 11) is 1.75. The molecule has 3 aliphatic heterocycles. The highest BCUT2D eigenvalue weighted by atomic mass is 16.6. The Balaban J connectivity index is 1.43. The Morgan fingerprint density at radius 1 is 0.906 bits per heavy atom. The molecule has 0 aliphatic carbocycles. The Kier molecular flexibility index (Phi) is 16.3. The summed E-state index contributed by atoms with van der Waals surface area (Å²) in [6.45, 7) is 19.8. The maximum atomic E-state index is 14.1. The van der Waals surface area contributed by atoms with E-state index in [0.29, 0.717) is 31.5 Å². The predicted octanol–water partition coefficient (Wildman–Crippen LogP) is 3.97. The van der Waals surface area contributed by atoms with E-state index in [1.165, 1.54) is 0 Å². The molecule has 3 aliphatic rings. The zero-order chi connectivity index (χ0) is 38.7. The van der Waals surface area contributed by atoms with Gasteiger partial charge in [-0.15, -0.1) is 0 Å². The van der Waals surface area contributed by atoms with E-state index in [9.17, 15) is 19.2 Å². The molecular formula is C41H66N6O6. The van der Waals surface area contributed by atoms with Crippen LogP contribution in [0.25, 0.3) is 0 Å². The molecule has 3 heterocycles. The number of likely N-dealkylation sites (tertiary alicyclic amines) is 2. The van der Waals surface area contributed by atoms with Crippen molar-refractivity contribution in [2.45, 2.75) is 117 Å². The van der Waals surface area contributed by atoms with Gasteiger partial charge in [0.1, 0.15) is 12.1 Å². The van der Waals surface area contributed by atoms with Crippen molar-refractivity contribution < 1.29 is 28.7 Å². The standard InChI is InChI=1S/C41H66N6O6/c1-28(2)35(44(8)40(50)36(29(3)4)43-37(48)33-17-12-13-20-46(33)30(5)6)27-31(7)39(49)47-21-14-18-34(47)41(51)53-38(32-15-10-9-11-16-32)42-19-22-45-23-25-52-26-24-45/h9-11,15-16,27-30,33-36,38,42H,12-14,17-26H2,1-8H3,(H,43,48)/b31-27+/t33?,34?,35-,36+,38?/m1/s1. The van der Waals surface area contributed by atoms with Crippen LogP contribution in [-0.2, 0) is 28.7 Å². The Morgan fingerprint density at radius 3 is 2.23 bits per heavy atom. The van der Waals surface area contributed by atoms with E-state index in [2.05, 4.69) is 34.3 Å². The molecule has 53 heavy (non-hydrogen) atoms. The van der Waals surface area contributed by atoms with Gasteiger partial charge in [-0.3, -0.25) is 29.5 Å². The normalized spacial score (nSPS) is 22.2. The molecule has 2 N–H and O–H groups in total. The number of benzene rings is 1. The third-order valence-electron chi connectivity index (χ3n) is 11.0. The molecule has 0 saturated carbocycles. The minimum absolute atomic E-state index is 0.0144. The van der Waals surface area contributed by atoms with Gasteiger partial charge in [0.15, 0.2) is 6.23 Å². The number of carbonyl (C=O) groups is 4. The molecule has 0 bridgehead atoms. The van der Waals surface area contributed by atoms with E-state index in [-0.39, 0.29) is 41.6 Å². The lowest BCUT2D eigenvalue weighted by molar-refractivity contribution is -0.159. The summed E-state index contributed by atoms with van der Waals surface area (Å²) in [6.07, 6.45) is 5.24. The molecule has 12 nitrogen and oxygen atoms in total. The van der Waals surface area contributed by atoms with Crippen LogP contribution in [0.15, 0.2) is 42.0 Å². The number of hydrogen-bond acceptors (Lipinski definition) is 9. The first-order valence-corrected chi connectivity index (χ1v) is 19.9. The second kappa shape index (κ2) is 20.4. The number of nitrogens with one attached hydrogen (secondary N) is 2. The first kappa shape index (κ1) is 42.4. The van der Waals surface area contributed by atoms with Crippen molar-refractivity contribution in [3.63, 3.8) is 0 Å². The van der Waals surface area contributed by atoms with Crippen LogP contribution in [-0.4, -0.2) is 133 Å². The Morgan fingerprint density at radius 2 is 1.58 bits per heavy atom. The number of carbonyl (C=O) groups excluding carboxylic acids is 4. The number of ether oxygens (including phenoxy) is 2. The van der Waals surface area contributed by atoms with E-state index in [1.54, 1.807) is 23.8 Å². The fraction of sp³-hybridized carbons (Fsp3) is 0.707. The number of esters is 1. The average molecular weight is 739 g/mol. The number of likely N-dealkylation sites (N-methyl/N-ethyl adjacent to an activating group) is 1. The Bertz CT molecular complexity index is 1380. The molecule has 4 rings (SSSR count). The highest BCUT2D eigenvalue weighted by molar-refractivity contribution is 5.96. The van der Waals surface area contributed by atoms with Crippen LogP contribution in [0.2, 0.25) is 0 Å². The van der Waals surface area contributed by atoms with Crippen molar-refractivity contribution in [1.82, 2.24) is 30.2 Å². The van der Waals surface area contributed by atoms with Gasteiger partial charge in [-0.1, -0.05) is 70.5 Å². The highest BCUT2D eigenvalue weighted by Crippen LogP contribution is 2.26.